The van der Waals surface area contributed by atoms with Gasteiger partial charge in [0.1, 0.15) is 10.6 Å². The fourth-order valence-electron chi connectivity index (χ4n) is 3.69. The molecule has 3 rings (SSSR count). The smallest absolute Gasteiger partial charge is 0.246 e. The van der Waals surface area contributed by atoms with E-state index in [0.717, 1.165) is 38.6 Å². The molecule has 2 heterocycles. The molecule has 1 spiro atoms. The molecule has 0 aromatic heterocycles. The molecule has 0 bridgehead atoms. The maximum Gasteiger partial charge on any atom is 0.246 e. The number of rotatable bonds is 4. The molecule has 10 heteroatoms. The Hall–Kier alpha value is -0.870. The van der Waals surface area contributed by atoms with Crippen LogP contribution in [-0.4, -0.2) is 60.7 Å². The summed E-state index contributed by atoms with van der Waals surface area (Å²) in [5.41, 5.74) is 0.0278. The zero-order valence-electron chi connectivity index (χ0n) is 14.9. The van der Waals surface area contributed by atoms with Crippen LogP contribution in [0.1, 0.15) is 19.3 Å². The van der Waals surface area contributed by atoms with Crippen LogP contribution in [0.25, 0.3) is 0 Å². The number of ether oxygens (including phenoxy) is 1. The summed E-state index contributed by atoms with van der Waals surface area (Å²) in [6.45, 7) is 2.74. The first-order valence-corrected chi connectivity index (χ1v) is 11.6. The number of nitrogens with one attached hydrogen (secondary N) is 1. The van der Waals surface area contributed by atoms with Crippen LogP contribution in [0.5, 0.6) is 5.75 Å². The van der Waals surface area contributed by atoms with E-state index in [1.807, 2.05) is 0 Å². The first-order chi connectivity index (χ1) is 11.7. The summed E-state index contributed by atoms with van der Waals surface area (Å²) in [4.78, 5) is -0.105. The summed E-state index contributed by atoms with van der Waals surface area (Å²) >= 11 is 0. The summed E-state index contributed by atoms with van der Waals surface area (Å²) in [6.07, 6.45) is 3.81. The van der Waals surface area contributed by atoms with Gasteiger partial charge in [-0.05, 0) is 56.0 Å². The molecule has 1 N–H and O–H groups in total. The highest BCUT2D eigenvalue weighted by Crippen LogP contribution is 2.41. The Morgan fingerprint density at radius 2 is 1.77 bits per heavy atom. The Morgan fingerprint density at radius 1 is 1.12 bits per heavy atom. The van der Waals surface area contributed by atoms with Gasteiger partial charge in [0.25, 0.3) is 0 Å². The quantitative estimate of drug-likeness (QED) is 0.782. The molecule has 2 aliphatic rings. The third kappa shape index (κ3) is 4.01. The lowest BCUT2D eigenvalue weighted by molar-refractivity contribution is 0.218. The van der Waals surface area contributed by atoms with Crippen LogP contribution in [0, 0.1) is 5.41 Å². The second kappa shape index (κ2) is 7.63. The van der Waals surface area contributed by atoms with Gasteiger partial charge in [0.2, 0.25) is 10.0 Å². The predicted molar refractivity (Wildman–Crippen MR) is 101 cm³/mol. The summed E-state index contributed by atoms with van der Waals surface area (Å²) in [7, 11) is -5.94. The van der Waals surface area contributed by atoms with Crippen molar-refractivity contribution in [1.82, 2.24) is 9.62 Å². The average Bonchev–Trinajstić information content (AvgIpc) is 2.98. The molecule has 0 aliphatic carbocycles. The van der Waals surface area contributed by atoms with Crippen LogP contribution in [0.3, 0.4) is 0 Å². The van der Waals surface area contributed by atoms with E-state index < -0.39 is 19.9 Å². The Kier molecular flexibility index (Phi) is 6.29. The monoisotopic (exact) mass is 424 g/mol. The van der Waals surface area contributed by atoms with Crippen LogP contribution in [0.15, 0.2) is 28.0 Å². The molecule has 0 radical (unpaired) electrons. The van der Waals surface area contributed by atoms with E-state index in [9.17, 15) is 16.8 Å². The summed E-state index contributed by atoms with van der Waals surface area (Å²) in [5.74, 6) is 0.165. The van der Waals surface area contributed by atoms with E-state index >= 15 is 0 Å². The lowest BCUT2D eigenvalue weighted by Gasteiger charge is -2.33. The Labute approximate surface area is 161 Å². The zero-order chi connectivity index (χ0) is 18.3. The lowest BCUT2D eigenvalue weighted by Crippen LogP contribution is -2.39. The van der Waals surface area contributed by atoms with Gasteiger partial charge in [0.15, 0.2) is 9.84 Å². The predicted octanol–water partition coefficient (Wildman–Crippen LogP) is 1.28. The van der Waals surface area contributed by atoms with Crippen molar-refractivity contribution in [1.29, 1.82) is 0 Å². The van der Waals surface area contributed by atoms with Crippen molar-refractivity contribution in [2.24, 2.45) is 5.41 Å². The minimum Gasteiger partial charge on any atom is -0.495 e. The highest BCUT2D eigenvalue weighted by molar-refractivity contribution is 7.91. The van der Waals surface area contributed by atoms with E-state index in [0.29, 0.717) is 13.1 Å². The van der Waals surface area contributed by atoms with Crippen molar-refractivity contribution in [3.63, 3.8) is 0 Å². The molecule has 0 unspecified atom stereocenters. The first kappa shape index (κ1) is 21.4. The van der Waals surface area contributed by atoms with Gasteiger partial charge in [-0.3, -0.25) is 0 Å². The highest BCUT2D eigenvalue weighted by atomic mass is 35.5. The third-order valence-corrected chi connectivity index (χ3v) is 8.23. The summed E-state index contributed by atoms with van der Waals surface area (Å²) in [6, 6.07) is 3.97. The molecule has 0 amide bonds. The Bertz CT molecular complexity index is 865. The second-order valence-corrected chi connectivity index (χ2v) is 10.8. The van der Waals surface area contributed by atoms with Crippen molar-refractivity contribution in [2.75, 3.05) is 39.5 Å². The highest BCUT2D eigenvalue weighted by Gasteiger charge is 2.44. The standard InChI is InChI=1S/C16H24N2O5S2.ClH/c1-23-14-4-3-13(24(2,19)20)11-15(14)25(21,22)18-10-7-16(12-18)5-8-17-9-6-16;/h3-4,11,17H,5-10,12H2,1-2H3;1H. The van der Waals surface area contributed by atoms with E-state index in [2.05, 4.69) is 5.32 Å². The average molecular weight is 425 g/mol. The lowest BCUT2D eigenvalue weighted by atomic mass is 9.78. The minimum absolute atomic E-state index is 0. The normalized spacial score (nSPS) is 20.7. The molecule has 7 nitrogen and oxygen atoms in total. The van der Waals surface area contributed by atoms with Crippen LogP contribution >= 0.6 is 12.4 Å². The number of nitrogens with zero attached hydrogens (tertiary/aromatic N) is 1. The number of halogens is 1. The van der Waals surface area contributed by atoms with Gasteiger partial charge in [-0.1, -0.05) is 0 Å². The number of methoxy groups -OCH3 is 1. The van der Waals surface area contributed by atoms with Crippen molar-refractivity contribution in [2.45, 2.75) is 29.1 Å². The minimum atomic E-state index is -3.82. The van der Waals surface area contributed by atoms with Gasteiger partial charge < -0.3 is 10.1 Å². The van der Waals surface area contributed by atoms with E-state index in [4.69, 9.17) is 4.74 Å². The van der Waals surface area contributed by atoms with Crippen LogP contribution < -0.4 is 10.1 Å². The SMILES string of the molecule is COc1ccc(S(C)(=O)=O)cc1S(=O)(=O)N1CCC2(CCNCC2)C1.Cl. The summed E-state index contributed by atoms with van der Waals surface area (Å²) in [5, 5.41) is 3.31. The number of benzene rings is 1. The van der Waals surface area contributed by atoms with Gasteiger partial charge in [-0.25, -0.2) is 16.8 Å². The van der Waals surface area contributed by atoms with Crippen LogP contribution in [-0.2, 0) is 19.9 Å². The van der Waals surface area contributed by atoms with Crippen molar-refractivity contribution in [3.8, 4) is 5.75 Å². The number of hydrogen-bond donors (Lipinski definition) is 1. The van der Waals surface area contributed by atoms with Crippen LogP contribution in [0.4, 0.5) is 0 Å². The molecule has 2 aliphatic heterocycles. The van der Waals surface area contributed by atoms with Crippen LogP contribution in [0.2, 0.25) is 0 Å². The molecule has 2 saturated heterocycles. The number of hydrogen-bond acceptors (Lipinski definition) is 6. The molecule has 1 aromatic rings. The molecule has 26 heavy (non-hydrogen) atoms. The maximum absolute atomic E-state index is 13.2. The third-order valence-electron chi connectivity index (χ3n) is 5.25. The Morgan fingerprint density at radius 3 is 2.35 bits per heavy atom. The van der Waals surface area contributed by atoms with E-state index in [-0.39, 0.29) is 33.4 Å². The number of piperidine rings is 1. The van der Waals surface area contributed by atoms with Crippen molar-refractivity contribution < 1.29 is 21.6 Å². The van der Waals surface area contributed by atoms with Gasteiger partial charge in [0, 0.05) is 19.3 Å². The van der Waals surface area contributed by atoms with E-state index in [1.165, 1.54) is 29.6 Å². The molecule has 148 valence electrons. The van der Waals surface area contributed by atoms with Gasteiger partial charge >= 0.3 is 0 Å². The molecule has 0 atom stereocenters. The number of sulfone groups is 1. The molecular weight excluding hydrogens is 400 g/mol. The molecule has 0 saturated carbocycles. The molecule has 2 fully saturated rings. The summed E-state index contributed by atoms with van der Waals surface area (Å²) < 4.78 is 56.6. The fraction of sp³-hybridized carbons (Fsp3) is 0.625. The van der Waals surface area contributed by atoms with E-state index in [1.54, 1.807) is 0 Å². The molecular formula is C16H25ClN2O5S2. The van der Waals surface area contributed by atoms with Gasteiger partial charge in [-0.2, -0.15) is 4.31 Å². The topological polar surface area (TPSA) is 92.8 Å². The van der Waals surface area contributed by atoms with Crippen molar-refractivity contribution >= 4 is 32.3 Å². The van der Waals surface area contributed by atoms with Crippen molar-refractivity contribution in [3.05, 3.63) is 18.2 Å². The van der Waals surface area contributed by atoms with Gasteiger partial charge in [-0.15, -0.1) is 12.4 Å². The second-order valence-electron chi connectivity index (χ2n) is 6.92. The number of sulfonamides is 1. The maximum atomic E-state index is 13.2. The largest absolute Gasteiger partial charge is 0.495 e. The Balaban J connectivity index is 0.00000243. The molecule has 1 aromatic carbocycles. The first-order valence-electron chi connectivity index (χ1n) is 8.27. The fourth-order valence-corrected chi connectivity index (χ4v) is 6.15. The zero-order valence-corrected chi connectivity index (χ0v) is 17.3. The van der Waals surface area contributed by atoms with Gasteiger partial charge in [0.05, 0.1) is 12.0 Å².